The molecule has 2 aromatic rings. The van der Waals surface area contributed by atoms with E-state index in [0.29, 0.717) is 12.2 Å². The first-order valence-corrected chi connectivity index (χ1v) is 7.82. The lowest BCUT2D eigenvalue weighted by atomic mass is 9.76. The van der Waals surface area contributed by atoms with Gasteiger partial charge >= 0.3 is 0 Å². The molecule has 3 rings (SSSR count). The molecule has 1 saturated heterocycles. The molecule has 0 radical (unpaired) electrons. The molecule has 2 heterocycles. The van der Waals surface area contributed by atoms with Crippen LogP contribution in [0.5, 0.6) is 0 Å². The predicted octanol–water partition coefficient (Wildman–Crippen LogP) is 2.56. The molecule has 0 aliphatic carbocycles. The van der Waals surface area contributed by atoms with Crippen molar-refractivity contribution in [1.29, 1.82) is 0 Å². The van der Waals surface area contributed by atoms with Gasteiger partial charge in [0.2, 0.25) is 0 Å². The molecular weight excluding hydrogens is 262 g/mol. The summed E-state index contributed by atoms with van der Waals surface area (Å²) in [5.41, 5.74) is 1.91. The third-order valence-electron chi connectivity index (χ3n) is 4.75. The molecule has 1 aliphatic rings. The largest absolute Gasteiger partial charge is 0.328 e. The molecule has 0 amide bonds. The first kappa shape index (κ1) is 14.3. The highest BCUT2D eigenvalue weighted by Gasteiger charge is 2.34. The second-order valence-corrected chi connectivity index (χ2v) is 6.17. The Morgan fingerprint density at radius 1 is 1.33 bits per heavy atom. The fourth-order valence-electron chi connectivity index (χ4n) is 3.23. The maximum absolute atomic E-state index is 12.8. The molecule has 1 aliphatic heterocycles. The number of aromatic nitrogens is 2. The summed E-state index contributed by atoms with van der Waals surface area (Å²) in [6.45, 7) is 6.93. The summed E-state index contributed by atoms with van der Waals surface area (Å²) in [6, 6.07) is 8.11. The van der Waals surface area contributed by atoms with Crippen molar-refractivity contribution in [2.75, 3.05) is 13.1 Å². The third-order valence-corrected chi connectivity index (χ3v) is 4.75. The summed E-state index contributed by atoms with van der Waals surface area (Å²) < 4.78 is 2.16. The van der Waals surface area contributed by atoms with Gasteiger partial charge in [-0.2, -0.15) is 0 Å². The number of aryl methyl sites for hydroxylation is 1. The average molecular weight is 285 g/mol. The first-order valence-electron chi connectivity index (χ1n) is 7.82. The molecule has 1 aromatic carbocycles. The van der Waals surface area contributed by atoms with E-state index in [1.54, 1.807) is 0 Å². The zero-order valence-electron chi connectivity index (χ0n) is 12.9. The average Bonchev–Trinajstić information content (AvgIpc) is 2.85. The number of nitrogens with zero attached hydrogens (tertiary/aromatic N) is 2. The molecule has 1 fully saturated rings. The van der Waals surface area contributed by atoms with Crippen LogP contribution in [0.3, 0.4) is 0 Å². The Morgan fingerprint density at radius 3 is 2.76 bits per heavy atom. The Bertz CT molecular complexity index is 653. The summed E-state index contributed by atoms with van der Waals surface area (Å²) in [5, 5.41) is 3.33. The first-order chi connectivity index (χ1) is 10.1. The van der Waals surface area contributed by atoms with Crippen molar-refractivity contribution in [3.8, 4) is 0 Å². The van der Waals surface area contributed by atoms with E-state index >= 15 is 0 Å². The molecular formula is C17H23N3O. The summed E-state index contributed by atoms with van der Waals surface area (Å²) in [6.07, 6.45) is 2.30. The molecule has 0 saturated carbocycles. The van der Waals surface area contributed by atoms with Gasteiger partial charge < -0.3 is 9.88 Å². The molecule has 21 heavy (non-hydrogen) atoms. The molecule has 1 aromatic heterocycles. The van der Waals surface area contributed by atoms with Gasteiger partial charge in [0.15, 0.2) is 0 Å². The standard InChI is InChI=1S/C17H23N3O/c1-3-20-14-7-5-4-6-13(14)19-16(20)12-15(21)17(2)8-10-18-11-9-17/h4-7,18H,3,8-12H2,1-2H3. The monoisotopic (exact) mass is 285 g/mol. The number of Topliss-reactive ketones (excluding diaryl/α,β-unsaturated/α-hetero) is 1. The number of fused-ring (bicyclic) bond motifs is 1. The van der Waals surface area contributed by atoms with Crippen LogP contribution in [0.1, 0.15) is 32.5 Å². The number of nitrogens with one attached hydrogen (secondary N) is 1. The number of hydrogen-bond donors (Lipinski definition) is 1. The maximum Gasteiger partial charge on any atom is 0.146 e. The van der Waals surface area contributed by atoms with Gasteiger partial charge in [-0.15, -0.1) is 0 Å². The van der Waals surface area contributed by atoms with Crippen LogP contribution in [0.4, 0.5) is 0 Å². The fourth-order valence-corrected chi connectivity index (χ4v) is 3.23. The van der Waals surface area contributed by atoms with Gasteiger partial charge in [0.05, 0.1) is 17.5 Å². The Balaban J connectivity index is 1.89. The van der Waals surface area contributed by atoms with Crippen LogP contribution in [0, 0.1) is 5.41 Å². The number of para-hydroxylation sites is 2. The molecule has 4 heteroatoms. The van der Waals surface area contributed by atoms with Crippen molar-refractivity contribution in [3.63, 3.8) is 0 Å². The van der Waals surface area contributed by atoms with Crippen molar-refractivity contribution in [3.05, 3.63) is 30.1 Å². The van der Waals surface area contributed by atoms with Crippen molar-refractivity contribution < 1.29 is 4.79 Å². The minimum Gasteiger partial charge on any atom is -0.328 e. The fraction of sp³-hybridized carbons (Fsp3) is 0.529. The number of hydrogen-bond acceptors (Lipinski definition) is 3. The van der Waals surface area contributed by atoms with Gasteiger partial charge in [-0.3, -0.25) is 4.79 Å². The quantitative estimate of drug-likeness (QED) is 0.939. The van der Waals surface area contributed by atoms with Crippen LogP contribution in [-0.2, 0) is 17.8 Å². The summed E-state index contributed by atoms with van der Waals surface area (Å²) in [5.74, 6) is 1.23. The molecule has 0 unspecified atom stereocenters. The Labute approximate surface area is 125 Å². The lowest BCUT2D eigenvalue weighted by molar-refractivity contribution is -0.128. The summed E-state index contributed by atoms with van der Waals surface area (Å²) in [7, 11) is 0. The third kappa shape index (κ3) is 2.60. The van der Waals surface area contributed by atoms with Gasteiger partial charge in [0.25, 0.3) is 0 Å². The minimum atomic E-state index is -0.193. The number of imidazole rings is 1. The zero-order chi connectivity index (χ0) is 14.9. The molecule has 112 valence electrons. The smallest absolute Gasteiger partial charge is 0.146 e. The number of rotatable bonds is 4. The van der Waals surface area contributed by atoms with Crippen LogP contribution in [0.2, 0.25) is 0 Å². The molecule has 4 nitrogen and oxygen atoms in total. The van der Waals surface area contributed by atoms with Crippen molar-refractivity contribution >= 4 is 16.8 Å². The highest BCUT2D eigenvalue weighted by molar-refractivity contribution is 5.87. The van der Waals surface area contributed by atoms with Gasteiger partial charge in [0, 0.05) is 12.0 Å². The normalized spacial score (nSPS) is 18.0. The highest BCUT2D eigenvalue weighted by atomic mass is 16.1. The Morgan fingerprint density at radius 2 is 2.05 bits per heavy atom. The topological polar surface area (TPSA) is 46.9 Å². The number of ketones is 1. The van der Waals surface area contributed by atoms with Crippen LogP contribution in [-0.4, -0.2) is 28.4 Å². The van der Waals surface area contributed by atoms with Gasteiger partial charge in [0.1, 0.15) is 11.6 Å². The van der Waals surface area contributed by atoms with Crippen LogP contribution in [0.25, 0.3) is 11.0 Å². The molecule has 0 spiro atoms. The Hall–Kier alpha value is -1.68. The summed E-state index contributed by atoms with van der Waals surface area (Å²) in [4.78, 5) is 17.4. The zero-order valence-corrected chi connectivity index (χ0v) is 12.9. The summed E-state index contributed by atoms with van der Waals surface area (Å²) >= 11 is 0. The predicted molar refractivity (Wildman–Crippen MR) is 84.3 cm³/mol. The highest BCUT2D eigenvalue weighted by Crippen LogP contribution is 2.30. The van der Waals surface area contributed by atoms with Crippen LogP contribution < -0.4 is 5.32 Å². The van der Waals surface area contributed by atoms with Crippen molar-refractivity contribution in [1.82, 2.24) is 14.9 Å². The van der Waals surface area contributed by atoms with E-state index in [-0.39, 0.29) is 5.41 Å². The second kappa shape index (κ2) is 5.60. The van der Waals surface area contributed by atoms with Crippen LogP contribution in [0.15, 0.2) is 24.3 Å². The van der Waals surface area contributed by atoms with E-state index in [2.05, 4.69) is 34.8 Å². The lowest BCUT2D eigenvalue weighted by Crippen LogP contribution is -2.41. The number of carbonyl (C=O) groups excluding carboxylic acids is 1. The van der Waals surface area contributed by atoms with Crippen LogP contribution >= 0.6 is 0 Å². The van der Waals surface area contributed by atoms with Crippen molar-refractivity contribution in [2.24, 2.45) is 5.41 Å². The van der Waals surface area contributed by atoms with E-state index in [9.17, 15) is 4.79 Å². The van der Waals surface area contributed by atoms with Crippen molar-refractivity contribution in [2.45, 2.75) is 39.7 Å². The van der Waals surface area contributed by atoms with E-state index in [0.717, 1.165) is 49.3 Å². The molecule has 1 N–H and O–H groups in total. The van der Waals surface area contributed by atoms with E-state index in [1.807, 2.05) is 18.2 Å². The van der Waals surface area contributed by atoms with Gasteiger partial charge in [-0.05, 0) is 45.0 Å². The molecule has 0 bridgehead atoms. The minimum absolute atomic E-state index is 0.193. The number of benzene rings is 1. The SMILES string of the molecule is CCn1c(CC(=O)C2(C)CCNCC2)nc2ccccc21. The molecule has 0 atom stereocenters. The number of carbonyl (C=O) groups is 1. The van der Waals surface area contributed by atoms with Gasteiger partial charge in [-0.25, -0.2) is 4.98 Å². The Kier molecular flexibility index (Phi) is 3.81. The van der Waals surface area contributed by atoms with Gasteiger partial charge in [-0.1, -0.05) is 19.1 Å². The second-order valence-electron chi connectivity index (χ2n) is 6.17. The maximum atomic E-state index is 12.8. The van der Waals surface area contributed by atoms with E-state index < -0.39 is 0 Å². The number of piperidine rings is 1. The van der Waals surface area contributed by atoms with E-state index in [1.165, 1.54) is 0 Å². The van der Waals surface area contributed by atoms with E-state index in [4.69, 9.17) is 0 Å². The lowest BCUT2D eigenvalue weighted by Gasteiger charge is -2.32.